The Bertz CT molecular complexity index is 1150. The van der Waals surface area contributed by atoms with Crippen LogP contribution in [0.25, 0.3) is 11.1 Å². The summed E-state index contributed by atoms with van der Waals surface area (Å²) in [6, 6.07) is 23.4. The normalized spacial score (nSPS) is 18.1. The van der Waals surface area contributed by atoms with Crippen LogP contribution in [-0.2, 0) is 15.1 Å². The lowest BCUT2D eigenvalue weighted by molar-refractivity contribution is -0.133. The molecule has 0 aromatic heterocycles. The average molecular weight is 434 g/mol. The molecule has 156 valence electrons. The van der Waals surface area contributed by atoms with E-state index in [1.807, 2.05) is 42.5 Å². The van der Waals surface area contributed by atoms with E-state index in [0.29, 0.717) is 16.3 Å². The van der Waals surface area contributed by atoms with Crippen LogP contribution in [0.5, 0.6) is 0 Å². The highest BCUT2D eigenvalue weighted by Crippen LogP contribution is 2.33. The fourth-order valence-electron chi connectivity index (χ4n) is 3.61. The van der Waals surface area contributed by atoms with E-state index in [-0.39, 0.29) is 0 Å². The highest BCUT2D eigenvalue weighted by Gasteiger charge is 2.50. The smallest absolute Gasteiger partial charge is 0.325 e. The zero-order chi connectivity index (χ0) is 22.0. The van der Waals surface area contributed by atoms with Gasteiger partial charge in [0.15, 0.2) is 0 Å². The number of anilines is 1. The van der Waals surface area contributed by atoms with Crippen LogP contribution in [0.15, 0.2) is 78.9 Å². The molecule has 1 aliphatic rings. The molecule has 1 heterocycles. The van der Waals surface area contributed by atoms with E-state index >= 15 is 0 Å². The van der Waals surface area contributed by atoms with E-state index in [2.05, 4.69) is 10.6 Å². The number of nitrogens with zero attached hydrogens (tertiary/aromatic N) is 1. The molecule has 0 unspecified atom stereocenters. The van der Waals surface area contributed by atoms with Gasteiger partial charge in [0.25, 0.3) is 5.91 Å². The molecule has 1 aliphatic heterocycles. The number of hydrogen-bond donors (Lipinski definition) is 2. The van der Waals surface area contributed by atoms with Crippen molar-refractivity contribution in [1.29, 1.82) is 0 Å². The van der Waals surface area contributed by atoms with Crippen LogP contribution in [0, 0.1) is 0 Å². The van der Waals surface area contributed by atoms with Gasteiger partial charge in [-0.3, -0.25) is 14.5 Å². The molecule has 3 aromatic carbocycles. The highest BCUT2D eigenvalue weighted by molar-refractivity contribution is 6.32. The van der Waals surface area contributed by atoms with E-state index in [9.17, 15) is 14.4 Å². The molecule has 4 amide bonds. The van der Waals surface area contributed by atoms with Crippen molar-refractivity contribution >= 4 is 35.1 Å². The van der Waals surface area contributed by atoms with E-state index < -0.39 is 29.9 Å². The van der Waals surface area contributed by atoms with Gasteiger partial charge in [-0.1, -0.05) is 72.3 Å². The second kappa shape index (κ2) is 8.24. The molecular weight excluding hydrogens is 414 g/mol. The van der Waals surface area contributed by atoms with Crippen LogP contribution in [0.2, 0.25) is 5.02 Å². The third kappa shape index (κ3) is 4.02. The fourth-order valence-corrected chi connectivity index (χ4v) is 3.94. The van der Waals surface area contributed by atoms with Gasteiger partial charge in [-0.25, -0.2) is 4.79 Å². The predicted octanol–water partition coefficient (Wildman–Crippen LogP) is 4.41. The van der Waals surface area contributed by atoms with Crippen molar-refractivity contribution in [3.05, 3.63) is 89.4 Å². The zero-order valence-electron chi connectivity index (χ0n) is 16.8. The molecule has 1 fully saturated rings. The third-order valence-corrected chi connectivity index (χ3v) is 5.59. The molecule has 31 heavy (non-hydrogen) atoms. The molecule has 0 spiro atoms. The molecule has 0 bridgehead atoms. The van der Waals surface area contributed by atoms with Gasteiger partial charge in [0.1, 0.15) is 12.1 Å². The molecule has 0 saturated carbocycles. The summed E-state index contributed by atoms with van der Waals surface area (Å²) in [6.45, 7) is 1.18. The number of carbonyl (C=O) groups excluding carboxylic acids is 3. The summed E-state index contributed by atoms with van der Waals surface area (Å²) in [6.07, 6.45) is 0. The van der Waals surface area contributed by atoms with Gasteiger partial charge in [-0.2, -0.15) is 0 Å². The number of amides is 4. The lowest BCUT2D eigenvalue weighted by Crippen LogP contribution is -2.42. The molecule has 0 radical (unpaired) electrons. The van der Waals surface area contributed by atoms with Gasteiger partial charge in [-0.15, -0.1) is 0 Å². The van der Waals surface area contributed by atoms with Crippen molar-refractivity contribution in [3.8, 4) is 11.1 Å². The zero-order valence-corrected chi connectivity index (χ0v) is 17.5. The van der Waals surface area contributed by atoms with Crippen molar-refractivity contribution in [2.24, 2.45) is 0 Å². The number of hydrogen-bond acceptors (Lipinski definition) is 3. The van der Waals surface area contributed by atoms with Crippen LogP contribution < -0.4 is 10.6 Å². The molecule has 2 N–H and O–H groups in total. The number of halogens is 1. The molecule has 7 heteroatoms. The first-order valence-electron chi connectivity index (χ1n) is 9.73. The Morgan fingerprint density at radius 2 is 1.55 bits per heavy atom. The first kappa shape index (κ1) is 20.6. The summed E-state index contributed by atoms with van der Waals surface area (Å²) < 4.78 is 0. The maximum Gasteiger partial charge on any atom is 0.325 e. The van der Waals surface area contributed by atoms with Crippen LogP contribution in [0.4, 0.5) is 10.5 Å². The van der Waals surface area contributed by atoms with Gasteiger partial charge in [0.2, 0.25) is 5.91 Å². The van der Waals surface area contributed by atoms with E-state index in [4.69, 9.17) is 11.6 Å². The second-order valence-electron chi connectivity index (χ2n) is 7.42. The van der Waals surface area contributed by atoms with Crippen LogP contribution in [-0.4, -0.2) is 29.3 Å². The maximum absolute atomic E-state index is 13.0. The summed E-state index contributed by atoms with van der Waals surface area (Å²) in [5.41, 5.74) is 1.81. The van der Waals surface area contributed by atoms with Crippen molar-refractivity contribution in [1.82, 2.24) is 10.2 Å². The van der Waals surface area contributed by atoms with Gasteiger partial charge >= 0.3 is 6.03 Å². The minimum absolute atomic E-state index is 0.364. The Labute approximate surface area is 184 Å². The number of nitrogens with one attached hydrogen (secondary N) is 2. The number of imide groups is 1. The number of rotatable bonds is 5. The molecule has 1 saturated heterocycles. The minimum atomic E-state index is -1.33. The first-order chi connectivity index (χ1) is 14.9. The van der Waals surface area contributed by atoms with Crippen LogP contribution in [0.1, 0.15) is 12.5 Å². The molecule has 3 aromatic rings. The summed E-state index contributed by atoms with van der Waals surface area (Å²) in [5.74, 6) is -1.00. The lowest BCUT2D eigenvalue weighted by atomic mass is 9.92. The summed E-state index contributed by atoms with van der Waals surface area (Å²) in [7, 11) is 0. The Balaban J connectivity index is 1.45. The monoisotopic (exact) mass is 433 g/mol. The molecule has 1 atom stereocenters. The van der Waals surface area contributed by atoms with Crippen molar-refractivity contribution in [3.63, 3.8) is 0 Å². The maximum atomic E-state index is 13.0. The van der Waals surface area contributed by atoms with Gasteiger partial charge in [0.05, 0.1) is 0 Å². The van der Waals surface area contributed by atoms with Gasteiger partial charge in [0, 0.05) is 16.3 Å². The Hall–Kier alpha value is -3.64. The number of benzene rings is 3. The first-order valence-corrected chi connectivity index (χ1v) is 10.1. The Morgan fingerprint density at radius 3 is 2.23 bits per heavy atom. The average Bonchev–Trinajstić information content (AvgIpc) is 2.99. The Morgan fingerprint density at radius 1 is 0.935 bits per heavy atom. The van der Waals surface area contributed by atoms with Gasteiger partial charge in [-0.05, 0) is 36.2 Å². The number of carbonyl (C=O) groups is 3. The topological polar surface area (TPSA) is 78.5 Å². The van der Waals surface area contributed by atoms with Crippen LogP contribution in [0.3, 0.4) is 0 Å². The van der Waals surface area contributed by atoms with Crippen molar-refractivity contribution < 1.29 is 14.4 Å². The van der Waals surface area contributed by atoms with Crippen molar-refractivity contribution in [2.45, 2.75) is 12.5 Å². The largest absolute Gasteiger partial charge is 0.325 e. The van der Waals surface area contributed by atoms with E-state index in [1.165, 1.54) is 0 Å². The van der Waals surface area contributed by atoms with Crippen LogP contribution >= 0.6 is 11.6 Å². The lowest BCUT2D eigenvalue weighted by Gasteiger charge is -2.23. The molecular formula is C24H20ClN3O3. The summed E-state index contributed by atoms with van der Waals surface area (Å²) in [4.78, 5) is 38.8. The van der Waals surface area contributed by atoms with E-state index in [0.717, 1.165) is 16.0 Å². The minimum Gasteiger partial charge on any atom is -0.325 e. The summed E-state index contributed by atoms with van der Waals surface area (Å²) >= 11 is 6.22. The quantitative estimate of drug-likeness (QED) is 0.585. The number of urea groups is 1. The standard InChI is InChI=1S/C24H20ClN3O3/c1-24(19-9-5-6-10-20(19)25)22(30)28(23(31)27-24)15-21(29)26-18-13-11-17(12-14-18)16-7-3-2-4-8-16/h2-14H,15H2,1H3,(H,26,29)(H,27,31)/t24-/m0/s1. The third-order valence-electron chi connectivity index (χ3n) is 5.27. The molecule has 0 aliphatic carbocycles. The van der Waals surface area contributed by atoms with E-state index in [1.54, 1.807) is 43.3 Å². The Kier molecular flexibility index (Phi) is 5.48. The van der Waals surface area contributed by atoms with Gasteiger partial charge < -0.3 is 10.6 Å². The predicted molar refractivity (Wildman–Crippen MR) is 120 cm³/mol. The fraction of sp³-hybridized carbons (Fsp3) is 0.125. The van der Waals surface area contributed by atoms with Crippen molar-refractivity contribution in [2.75, 3.05) is 11.9 Å². The summed E-state index contributed by atoms with van der Waals surface area (Å²) in [5, 5.41) is 5.75. The second-order valence-corrected chi connectivity index (χ2v) is 7.83. The molecule has 6 nitrogen and oxygen atoms in total. The molecule has 4 rings (SSSR count). The SMILES string of the molecule is C[C@@]1(c2ccccc2Cl)NC(=O)N(CC(=O)Nc2ccc(-c3ccccc3)cc2)C1=O. The highest BCUT2D eigenvalue weighted by atomic mass is 35.5.